The van der Waals surface area contributed by atoms with E-state index in [0.29, 0.717) is 12.1 Å². The van der Waals surface area contributed by atoms with Crippen molar-refractivity contribution in [3.05, 3.63) is 63.2 Å². The Labute approximate surface area is 227 Å². The van der Waals surface area contributed by atoms with Gasteiger partial charge in [-0.25, -0.2) is 4.68 Å². The molecule has 0 aliphatic carbocycles. The van der Waals surface area contributed by atoms with E-state index in [1.54, 1.807) is 0 Å². The Bertz CT molecular complexity index is 1480. The number of carbonyl (C=O) groups is 2. The highest BCUT2D eigenvalue weighted by Crippen LogP contribution is 2.52. The van der Waals surface area contributed by atoms with Crippen LogP contribution in [0.3, 0.4) is 0 Å². The van der Waals surface area contributed by atoms with Crippen molar-refractivity contribution in [1.29, 1.82) is 0 Å². The number of halogens is 7. The quantitative estimate of drug-likeness (QED) is 0.165. The molecule has 0 bridgehead atoms. The maximum atomic E-state index is 14.3. The molecule has 1 heterocycles. The van der Waals surface area contributed by atoms with Crippen molar-refractivity contribution in [2.24, 2.45) is 5.73 Å². The molecule has 2 amide bonds. The number of alkyl halides is 7. The second kappa shape index (κ2) is 11.6. The van der Waals surface area contributed by atoms with Gasteiger partial charge in [0.25, 0.3) is 11.6 Å². The zero-order chi connectivity index (χ0) is 30.8. The van der Waals surface area contributed by atoms with Gasteiger partial charge in [-0.1, -0.05) is 0 Å². The Hall–Kier alpha value is -4.33. The Kier molecular flexibility index (Phi) is 8.86. The third-order valence-electron chi connectivity index (χ3n) is 5.28. The number of aromatic nitrogens is 4. The van der Waals surface area contributed by atoms with E-state index >= 15 is 0 Å². The number of carbonyl (C=O) groups excluding carboxylic acids is 2. The number of tetrazole rings is 1. The predicted octanol–water partition coefficient (Wildman–Crippen LogP) is 3.76. The van der Waals surface area contributed by atoms with Crippen LogP contribution in [-0.2, 0) is 12.5 Å². The van der Waals surface area contributed by atoms with Crippen molar-refractivity contribution >= 4 is 35.0 Å². The van der Waals surface area contributed by atoms with E-state index in [9.17, 15) is 50.4 Å². The Morgan fingerprint density at radius 2 is 1.76 bits per heavy atom. The summed E-state index contributed by atoms with van der Waals surface area (Å²) in [6, 6.07) is 3.98. The van der Waals surface area contributed by atoms with E-state index in [2.05, 4.69) is 20.8 Å². The van der Waals surface area contributed by atoms with Crippen LogP contribution < -0.4 is 11.1 Å². The molecule has 20 heteroatoms. The number of nitro groups is 1. The minimum Gasteiger partial charge on any atom is -0.396 e. The summed E-state index contributed by atoms with van der Waals surface area (Å²) in [7, 11) is 0. The highest BCUT2D eigenvalue weighted by Gasteiger charge is 2.74. The summed E-state index contributed by atoms with van der Waals surface area (Å²) in [5.41, 5.74) is -0.0406. The van der Waals surface area contributed by atoms with Gasteiger partial charge in [0.1, 0.15) is 0 Å². The number of benzene rings is 2. The van der Waals surface area contributed by atoms with Crippen molar-refractivity contribution in [3.8, 4) is 0 Å². The number of anilines is 1. The van der Waals surface area contributed by atoms with Crippen LogP contribution in [0.5, 0.6) is 0 Å². The fourth-order valence-electron chi connectivity index (χ4n) is 3.27. The third kappa shape index (κ3) is 6.37. The molecule has 3 aromatic rings. The number of rotatable bonds is 11. The number of primary amides is 1. The lowest BCUT2D eigenvalue weighted by Gasteiger charge is -2.29. The summed E-state index contributed by atoms with van der Waals surface area (Å²) in [6.07, 6.45) is -6.43. The van der Waals surface area contributed by atoms with E-state index < -0.39 is 57.3 Å². The fraction of sp³-hybridized carbons (Fsp3) is 0.286. The molecule has 0 aliphatic rings. The Balaban J connectivity index is 2.01. The molecule has 1 aromatic heterocycles. The van der Waals surface area contributed by atoms with Crippen molar-refractivity contribution in [2.45, 2.75) is 41.0 Å². The first-order valence-corrected chi connectivity index (χ1v) is 11.7. The first-order valence-electron chi connectivity index (χ1n) is 10.9. The Morgan fingerprint density at radius 3 is 2.34 bits per heavy atom. The Morgan fingerprint density at radius 1 is 1.07 bits per heavy atom. The fourth-order valence-corrected chi connectivity index (χ4v) is 4.18. The SMILES string of the molecule is NC(=O)c1cc(NC(=O)c2cc([N+](=O)[O-])ccc2Sc2nnnn2CCCO)ccc1C(F)(F)C(F)(F)C(F)(F)F. The maximum Gasteiger partial charge on any atom is 0.460 e. The number of nitro benzene ring substituents is 1. The lowest BCUT2D eigenvalue weighted by molar-refractivity contribution is -0.384. The summed E-state index contributed by atoms with van der Waals surface area (Å²) < 4.78 is 95.0. The summed E-state index contributed by atoms with van der Waals surface area (Å²) in [5, 5.41) is 33.4. The molecular formula is C21H16F7N7O5S. The molecule has 0 spiro atoms. The van der Waals surface area contributed by atoms with Gasteiger partial charge < -0.3 is 16.2 Å². The predicted molar refractivity (Wildman–Crippen MR) is 125 cm³/mol. The molecule has 3 rings (SSSR count). The maximum absolute atomic E-state index is 14.3. The van der Waals surface area contributed by atoms with Gasteiger partial charge in [-0.3, -0.25) is 19.7 Å². The normalized spacial score (nSPS) is 12.3. The number of aliphatic hydroxyl groups is 1. The van der Waals surface area contributed by atoms with Gasteiger partial charge in [-0.05, 0) is 52.9 Å². The van der Waals surface area contributed by atoms with Gasteiger partial charge in [0.15, 0.2) is 0 Å². The average Bonchev–Trinajstić information content (AvgIpc) is 3.33. The molecule has 220 valence electrons. The molecule has 4 N–H and O–H groups in total. The van der Waals surface area contributed by atoms with E-state index in [1.165, 1.54) is 10.7 Å². The number of nitrogens with one attached hydrogen (secondary N) is 1. The second-order valence-electron chi connectivity index (χ2n) is 8.03. The molecule has 12 nitrogen and oxygen atoms in total. The summed E-state index contributed by atoms with van der Waals surface area (Å²) in [4.78, 5) is 35.3. The number of aliphatic hydroxyl groups excluding tert-OH is 1. The lowest BCUT2D eigenvalue weighted by Crippen LogP contribution is -2.50. The zero-order valence-corrected chi connectivity index (χ0v) is 20.8. The molecule has 41 heavy (non-hydrogen) atoms. The number of non-ortho nitro benzene ring substituents is 1. The first kappa shape index (κ1) is 31.2. The van der Waals surface area contributed by atoms with Gasteiger partial charge in [0.05, 0.1) is 16.1 Å². The van der Waals surface area contributed by atoms with Crippen LogP contribution in [0.15, 0.2) is 46.5 Å². The van der Waals surface area contributed by atoms with Crippen molar-refractivity contribution in [1.82, 2.24) is 20.2 Å². The van der Waals surface area contributed by atoms with Crippen LogP contribution >= 0.6 is 11.8 Å². The standard InChI is InChI=1S/C21H16F7N7O5S/c22-19(23,20(24,25)21(26,27)28)14-4-2-10(8-12(14)16(29)37)30-17(38)13-9-11(35(39)40)3-5-15(13)41-18-31-32-33-34(18)6-1-7-36/h2-5,8-9,36H,1,6-7H2,(H2,29,37)(H,30,38). The number of aryl methyl sites for hydroxylation is 1. The van der Waals surface area contributed by atoms with E-state index in [0.717, 1.165) is 23.9 Å². The average molecular weight is 611 g/mol. The number of hydrogen-bond acceptors (Lipinski definition) is 9. The summed E-state index contributed by atoms with van der Waals surface area (Å²) in [6.45, 7) is -0.0262. The van der Waals surface area contributed by atoms with Gasteiger partial charge in [-0.15, -0.1) is 5.10 Å². The summed E-state index contributed by atoms with van der Waals surface area (Å²) in [5.74, 6) is -15.5. The summed E-state index contributed by atoms with van der Waals surface area (Å²) >= 11 is 0.775. The van der Waals surface area contributed by atoms with Crippen molar-refractivity contribution in [3.63, 3.8) is 0 Å². The molecular weight excluding hydrogens is 595 g/mol. The largest absolute Gasteiger partial charge is 0.460 e. The van der Waals surface area contributed by atoms with Gasteiger partial charge in [-0.2, -0.15) is 30.7 Å². The smallest absolute Gasteiger partial charge is 0.396 e. The van der Waals surface area contributed by atoms with Crippen LogP contribution in [0.4, 0.5) is 42.1 Å². The van der Waals surface area contributed by atoms with Crippen molar-refractivity contribution in [2.75, 3.05) is 11.9 Å². The molecule has 0 radical (unpaired) electrons. The minimum absolute atomic E-state index is 0.0382. The van der Waals surface area contributed by atoms with Crippen LogP contribution in [0.25, 0.3) is 0 Å². The van der Waals surface area contributed by atoms with Crippen LogP contribution in [0.2, 0.25) is 0 Å². The molecule has 0 unspecified atom stereocenters. The molecule has 2 aromatic carbocycles. The van der Waals surface area contributed by atoms with Gasteiger partial charge >= 0.3 is 18.0 Å². The zero-order valence-electron chi connectivity index (χ0n) is 20.0. The molecule has 0 atom stereocenters. The molecule has 0 saturated carbocycles. The van der Waals surface area contributed by atoms with Crippen LogP contribution in [0.1, 0.15) is 32.7 Å². The van der Waals surface area contributed by atoms with Crippen LogP contribution in [0, 0.1) is 10.1 Å². The second-order valence-corrected chi connectivity index (χ2v) is 9.04. The highest BCUT2D eigenvalue weighted by atomic mass is 32.2. The van der Waals surface area contributed by atoms with E-state index in [-0.39, 0.29) is 41.3 Å². The third-order valence-corrected chi connectivity index (χ3v) is 6.33. The molecule has 0 fully saturated rings. The topological polar surface area (TPSA) is 179 Å². The first-order chi connectivity index (χ1) is 19.0. The van der Waals surface area contributed by atoms with Crippen LogP contribution in [-0.4, -0.2) is 60.8 Å². The number of nitrogens with two attached hydrogens (primary N) is 1. The highest BCUT2D eigenvalue weighted by molar-refractivity contribution is 7.99. The monoisotopic (exact) mass is 611 g/mol. The van der Waals surface area contributed by atoms with Crippen molar-refractivity contribution < 1.29 is 50.4 Å². The molecule has 0 saturated heterocycles. The van der Waals surface area contributed by atoms with E-state index in [4.69, 9.17) is 10.8 Å². The van der Waals surface area contributed by atoms with Gasteiger partial charge in [0, 0.05) is 41.4 Å². The number of nitrogens with zero attached hydrogens (tertiary/aromatic N) is 5. The minimum atomic E-state index is -6.69. The number of amides is 2. The van der Waals surface area contributed by atoms with E-state index in [1.807, 2.05) is 0 Å². The lowest BCUT2D eigenvalue weighted by atomic mass is 9.95. The van der Waals surface area contributed by atoms with Gasteiger partial charge in [0.2, 0.25) is 11.1 Å². The molecule has 0 aliphatic heterocycles. The number of hydrogen-bond donors (Lipinski definition) is 3.